The van der Waals surface area contributed by atoms with E-state index in [9.17, 15) is 9.59 Å². The highest BCUT2D eigenvalue weighted by Crippen LogP contribution is 2.20. The van der Waals surface area contributed by atoms with Crippen LogP contribution in [0.3, 0.4) is 0 Å². The van der Waals surface area contributed by atoms with Gasteiger partial charge in [0.1, 0.15) is 0 Å². The number of anilines is 1. The Hall–Kier alpha value is -2.60. The number of nitrogens with zero attached hydrogens (tertiary/aromatic N) is 2. The Balaban J connectivity index is 1.72. The summed E-state index contributed by atoms with van der Waals surface area (Å²) in [5.74, 6) is 0.522. The number of carbonyl (C=O) groups excluding carboxylic acids is 1. The molecule has 0 aliphatic heterocycles. The molecule has 0 saturated heterocycles. The number of hydrogen-bond donors (Lipinski definition) is 1. The Labute approximate surface area is 162 Å². The van der Waals surface area contributed by atoms with Gasteiger partial charge in [-0.1, -0.05) is 49.9 Å². The summed E-state index contributed by atoms with van der Waals surface area (Å²) >= 11 is 1.28. The van der Waals surface area contributed by atoms with Gasteiger partial charge in [0.05, 0.1) is 16.7 Å². The molecule has 5 nitrogen and oxygen atoms in total. The van der Waals surface area contributed by atoms with Crippen LogP contribution in [0.4, 0.5) is 5.69 Å². The quantitative estimate of drug-likeness (QED) is 0.512. The lowest BCUT2D eigenvalue weighted by molar-refractivity contribution is -0.113. The van der Waals surface area contributed by atoms with E-state index in [0.717, 1.165) is 5.69 Å². The molecule has 0 radical (unpaired) electrons. The molecule has 140 valence electrons. The zero-order chi connectivity index (χ0) is 19.4. The van der Waals surface area contributed by atoms with Crippen molar-refractivity contribution < 1.29 is 4.79 Å². The molecule has 0 aliphatic carbocycles. The second-order valence-electron chi connectivity index (χ2n) is 6.57. The number of aromatic nitrogens is 2. The number of rotatable bonds is 6. The van der Waals surface area contributed by atoms with Crippen LogP contribution in [-0.2, 0) is 11.3 Å². The van der Waals surface area contributed by atoms with Crippen molar-refractivity contribution in [2.45, 2.75) is 38.4 Å². The molecule has 2 aromatic carbocycles. The number of amides is 1. The lowest BCUT2D eigenvalue weighted by Crippen LogP contribution is -2.23. The largest absolute Gasteiger partial charge is 0.325 e. The Morgan fingerprint density at radius 2 is 1.85 bits per heavy atom. The molecule has 3 aromatic rings. The summed E-state index contributed by atoms with van der Waals surface area (Å²) < 4.78 is 1.61. The molecule has 27 heavy (non-hydrogen) atoms. The molecule has 1 amide bonds. The minimum Gasteiger partial charge on any atom is -0.325 e. The number of carbonyl (C=O) groups is 1. The lowest BCUT2D eigenvalue weighted by atomic mass is 10.0. The van der Waals surface area contributed by atoms with Crippen LogP contribution < -0.4 is 10.9 Å². The summed E-state index contributed by atoms with van der Waals surface area (Å²) in [5, 5.41) is 4.05. The van der Waals surface area contributed by atoms with Gasteiger partial charge in [0.25, 0.3) is 5.56 Å². The molecule has 0 fully saturated rings. The number of fused-ring (bicyclic) bond motifs is 1. The van der Waals surface area contributed by atoms with E-state index in [1.165, 1.54) is 17.3 Å². The third-order valence-corrected chi connectivity index (χ3v) is 5.31. The van der Waals surface area contributed by atoms with Gasteiger partial charge in [-0.05, 0) is 42.7 Å². The average molecular weight is 382 g/mol. The number of thioether (sulfide) groups is 1. The molecule has 3 rings (SSSR count). The SMILES string of the molecule is CCn1c(SCC(=O)Nc2ccc(C(C)C)cc2)nc2ccccc2c1=O. The van der Waals surface area contributed by atoms with Crippen LogP contribution in [0.1, 0.15) is 32.3 Å². The van der Waals surface area contributed by atoms with E-state index < -0.39 is 0 Å². The molecular weight excluding hydrogens is 358 g/mol. The van der Waals surface area contributed by atoms with Gasteiger partial charge in [-0.3, -0.25) is 14.2 Å². The molecule has 0 spiro atoms. The highest BCUT2D eigenvalue weighted by atomic mass is 32.2. The Bertz CT molecular complexity index is 1010. The van der Waals surface area contributed by atoms with E-state index in [1.54, 1.807) is 10.6 Å². The smallest absolute Gasteiger partial charge is 0.262 e. The molecule has 6 heteroatoms. The predicted molar refractivity (Wildman–Crippen MR) is 112 cm³/mol. The fraction of sp³-hybridized carbons (Fsp3) is 0.286. The van der Waals surface area contributed by atoms with Crippen LogP contribution in [0, 0.1) is 0 Å². The predicted octanol–water partition coefficient (Wildman–Crippen LogP) is 4.27. The molecule has 1 heterocycles. The monoisotopic (exact) mass is 381 g/mol. The third-order valence-electron chi connectivity index (χ3n) is 4.34. The average Bonchev–Trinajstić information content (AvgIpc) is 2.67. The molecule has 0 saturated carbocycles. The van der Waals surface area contributed by atoms with Crippen molar-refractivity contribution in [1.82, 2.24) is 9.55 Å². The molecule has 1 aromatic heterocycles. The van der Waals surface area contributed by atoms with E-state index in [0.29, 0.717) is 28.5 Å². The standard InChI is InChI=1S/C21H23N3O2S/c1-4-24-20(26)17-7-5-6-8-18(17)23-21(24)27-13-19(25)22-16-11-9-15(10-12-16)14(2)3/h5-12,14H,4,13H2,1-3H3,(H,22,25). The first-order valence-electron chi connectivity index (χ1n) is 9.01. The van der Waals surface area contributed by atoms with Crippen LogP contribution >= 0.6 is 11.8 Å². The van der Waals surface area contributed by atoms with Crippen LogP contribution in [-0.4, -0.2) is 21.2 Å². The fourth-order valence-corrected chi connectivity index (χ4v) is 3.68. The number of para-hydroxylation sites is 1. The van der Waals surface area contributed by atoms with Crippen molar-refractivity contribution in [3.05, 3.63) is 64.4 Å². The fourth-order valence-electron chi connectivity index (χ4n) is 2.82. The summed E-state index contributed by atoms with van der Waals surface area (Å²) in [4.78, 5) is 29.5. The first-order valence-corrected chi connectivity index (χ1v) is 10.0. The summed E-state index contributed by atoms with van der Waals surface area (Å²) in [5.41, 5.74) is 2.58. The Morgan fingerprint density at radius 1 is 1.15 bits per heavy atom. The maximum atomic E-state index is 12.6. The van der Waals surface area contributed by atoms with Crippen LogP contribution in [0.5, 0.6) is 0 Å². The minimum absolute atomic E-state index is 0.0738. The van der Waals surface area contributed by atoms with Gasteiger partial charge < -0.3 is 5.32 Å². The van der Waals surface area contributed by atoms with Gasteiger partial charge in [-0.15, -0.1) is 0 Å². The normalized spacial score (nSPS) is 11.1. The molecule has 0 bridgehead atoms. The first-order chi connectivity index (χ1) is 13.0. The molecule has 0 unspecified atom stereocenters. The zero-order valence-corrected chi connectivity index (χ0v) is 16.5. The van der Waals surface area contributed by atoms with Crippen molar-refractivity contribution in [1.29, 1.82) is 0 Å². The van der Waals surface area contributed by atoms with Crippen molar-refractivity contribution in [3.8, 4) is 0 Å². The summed E-state index contributed by atoms with van der Waals surface area (Å²) in [6.45, 7) is 6.68. The van der Waals surface area contributed by atoms with Gasteiger partial charge in [0.2, 0.25) is 5.91 Å². The summed E-state index contributed by atoms with van der Waals surface area (Å²) in [7, 11) is 0. The Kier molecular flexibility index (Phi) is 5.96. The van der Waals surface area contributed by atoms with Crippen LogP contribution in [0.15, 0.2) is 58.5 Å². The van der Waals surface area contributed by atoms with E-state index in [-0.39, 0.29) is 17.2 Å². The maximum Gasteiger partial charge on any atom is 0.262 e. The second kappa shape index (κ2) is 8.39. The van der Waals surface area contributed by atoms with Gasteiger partial charge >= 0.3 is 0 Å². The maximum absolute atomic E-state index is 12.6. The van der Waals surface area contributed by atoms with Gasteiger partial charge in [0.15, 0.2) is 5.16 Å². The minimum atomic E-state index is -0.123. The van der Waals surface area contributed by atoms with Gasteiger partial charge in [-0.2, -0.15) is 0 Å². The van der Waals surface area contributed by atoms with E-state index in [2.05, 4.69) is 24.1 Å². The van der Waals surface area contributed by atoms with E-state index in [1.807, 2.05) is 49.4 Å². The van der Waals surface area contributed by atoms with E-state index >= 15 is 0 Å². The second-order valence-corrected chi connectivity index (χ2v) is 7.52. The van der Waals surface area contributed by atoms with Crippen molar-refractivity contribution in [2.75, 3.05) is 11.1 Å². The third kappa shape index (κ3) is 4.39. The van der Waals surface area contributed by atoms with Crippen LogP contribution in [0.25, 0.3) is 10.9 Å². The topological polar surface area (TPSA) is 64.0 Å². The number of nitrogens with one attached hydrogen (secondary N) is 1. The molecule has 1 N–H and O–H groups in total. The molecule has 0 atom stereocenters. The molecule has 0 aliphatic rings. The highest BCUT2D eigenvalue weighted by molar-refractivity contribution is 7.99. The molecular formula is C21H23N3O2S. The van der Waals surface area contributed by atoms with Crippen molar-refractivity contribution in [2.24, 2.45) is 0 Å². The van der Waals surface area contributed by atoms with Gasteiger partial charge in [-0.25, -0.2) is 4.98 Å². The highest BCUT2D eigenvalue weighted by Gasteiger charge is 2.12. The zero-order valence-electron chi connectivity index (χ0n) is 15.7. The first kappa shape index (κ1) is 19.2. The van der Waals surface area contributed by atoms with Crippen molar-refractivity contribution >= 4 is 34.3 Å². The van der Waals surface area contributed by atoms with Gasteiger partial charge in [0, 0.05) is 12.2 Å². The number of hydrogen-bond acceptors (Lipinski definition) is 4. The number of benzene rings is 2. The summed E-state index contributed by atoms with van der Waals surface area (Å²) in [6, 6.07) is 15.1. The lowest BCUT2D eigenvalue weighted by Gasteiger charge is -2.11. The van der Waals surface area contributed by atoms with E-state index in [4.69, 9.17) is 0 Å². The Morgan fingerprint density at radius 3 is 2.52 bits per heavy atom. The van der Waals surface area contributed by atoms with Crippen LogP contribution in [0.2, 0.25) is 0 Å². The van der Waals surface area contributed by atoms with Crippen molar-refractivity contribution in [3.63, 3.8) is 0 Å². The summed E-state index contributed by atoms with van der Waals surface area (Å²) in [6.07, 6.45) is 0.